The van der Waals surface area contributed by atoms with Gasteiger partial charge in [-0.2, -0.15) is 0 Å². The van der Waals surface area contributed by atoms with Crippen LogP contribution in [-0.2, 0) is 4.74 Å². The second kappa shape index (κ2) is 7.40. The topological polar surface area (TPSA) is 59.8 Å². The number of hydrogen-bond donors (Lipinski definition) is 2. The maximum atomic E-state index is 12.7. The molecule has 1 saturated heterocycles. The summed E-state index contributed by atoms with van der Waals surface area (Å²) in [5.41, 5.74) is 3.51. The second-order valence-electron chi connectivity index (χ2n) is 6.82. The summed E-state index contributed by atoms with van der Waals surface area (Å²) in [5, 5.41) is 3.02. The molecule has 26 heavy (non-hydrogen) atoms. The van der Waals surface area contributed by atoms with Crippen LogP contribution in [0.2, 0.25) is 0 Å². The summed E-state index contributed by atoms with van der Waals surface area (Å²) in [5.74, 6) is -0.107. The minimum atomic E-state index is -0.108. The molecule has 0 bridgehead atoms. The minimum Gasteiger partial charge on any atom is -0.370 e. The Labute approximate surface area is 153 Å². The van der Waals surface area contributed by atoms with E-state index in [1.54, 1.807) is 18.2 Å². The van der Waals surface area contributed by atoms with Crippen molar-refractivity contribution in [2.45, 2.75) is 6.42 Å². The third-order valence-electron chi connectivity index (χ3n) is 5.19. The maximum Gasteiger partial charge on any atom is 0.251 e. The number of ether oxygens (including phenoxy) is 1. The standard InChI is InChI=1S/C21H22N2O3/c24-20-16-6-2-1-5-15(16)19-17(20)7-3-8-18(19)21(25)22-9-4-10-23-11-13-26-14-12-23/h1-3,5-8H,4,9-14H2,(H,22,25)/p+1. The summed E-state index contributed by atoms with van der Waals surface area (Å²) < 4.78 is 5.36. The first-order chi connectivity index (χ1) is 12.8. The number of amides is 1. The van der Waals surface area contributed by atoms with Gasteiger partial charge in [-0.25, -0.2) is 0 Å². The molecule has 0 unspecified atom stereocenters. The highest BCUT2D eigenvalue weighted by Gasteiger charge is 2.29. The normalized spacial score (nSPS) is 16.2. The number of quaternary nitrogens is 1. The molecule has 5 nitrogen and oxygen atoms in total. The van der Waals surface area contributed by atoms with Gasteiger partial charge >= 0.3 is 0 Å². The summed E-state index contributed by atoms with van der Waals surface area (Å²) in [6.07, 6.45) is 0.936. The Kier molecular flexibility index (Phi) is 4.82. The Balaban J connectivity index is 1.44. The van der Waals surface area contributed by atoms with Crippen LogP contribution in [-0.4, -0.2) is 51.1 Å². The third kappa shape index (κ3) is 3.16. The molecule has 1 aliphatic heterocycles. The lowest BCUT2D eigenvalue weighted by Gasteiger charge is -2.23. The predicted octanol–water partition coefficient (Wildman–Crippen LogP) is 0.933. The van der Waals surface area contributed by atoms with Crippen LogP contribution in [0.1, 0.15) is 32.7 Å². The number of carbonyl (C=O) groups excluding carboxylic acids is 2. The fraction of sp³-hybridized carbons (Fsp3) is 0.333. The van der Waals surface area contributed by atoms with Gasteiger partial charge in [0.1, 0.15) is 13.1 Å². The molecular formula is C21H23N2O3+. The van der Waals surface area contributed by atoms with Crippen LogP contribution in [0.25, 0.3) is 11.1 Å². The molecule has 4 rings (SSSR count). The summed E-state index contributed by atoms with van der Waals surface area (Å²) in [4.78, 5) is 26.8. The molecule has 0 aromatic heterocycles. The number of hydrogen-bond acceptors (Lipinski definition) is 3. The van der Waals surface area contributed by atoms with Gasteiger partial charge < -0.3 is 15.0 Å². The largest absolute Gasteiger partial charge is 0.370 e. The van der Waals surface area contributed by atoms with Crippen molar-refractivity contribution in [3.05, 3.63) is 59.2 Å². The van der Waals surface area contributed by atoms with Crippen LogP contribution in [0, 0.1) is 0 Å². The third-order valence-corrected chi connectivity index (χ3v) is 5.19. The van der Waals surface area contributed by atoms with Crippen molar-refractivity contribution in [1.29, 1.82) is 0 Å². The van der Waals surface area contributed by atoms with E-state index < -0.39 is 0 Å². The highest BCUT2D eigenvalue weighted by Crippen LogP contribution is 2.38. The average molecular weight is 351 g/mol. The van der Waals surface area contributed by atoms with E-state index in [-0.39, 0.29) is 11.7 Å². The smallest absolute Gasteiger partial charge is 0.251 e. The van der Waals surface area contributed by atoms with Gasteiger partial charge in [0.05, 0.1) is 19.8 Å². The van der Waals surface area contributed by atoms with E-state index in [2.05, 4.69) is 5.32 Å². The van der Waals surface area contributed by atoms with Gasteiger partial charge in [-0.1, -0.05) is 36.4 Å². The molecule has 0 radical (unpaired) electrons. The summed E-state index contributed by atoms with van der Waals surface area (Å²) in [6.45, 7) is 5.41. The Bertz CT molecular complexity index is 841. The second-order valence-corrected chi connectivity index (χ2v) is 6.82. The zero-order valence-electron chi connectivity index (χ0n) is 14.7. The monoisotopic (exact) mass is 351 g/mol. The lowest BCUT2D eigenvalue weighted by molar-refractivity contribution is -0.908. The van der Waals surface area contributed by atoms with Crippen molar-refractivity contribution in [2.24, 2.45) is 0 Å². The van der Waals surface area contributed by atoms with Crippen LogP contribution in [0.5, 0.6) is 0 Å². The molecule has 2 aromatic carbocycles. The minimum absolute atomic E-state index is 0.00108. The number of rotatable bonds is 5. The number of fused-ring (bicyclic) bond motifs is 3. The Morgan fingerprint density at radius 3 is 2.54 bits per heavy atom. The average Bonchev–Trinajstić information content (AvgIpc) is 2.99. The van der Waals surface area contributed by atoms with E-state index in [1.807, 2.05) is 24.3 Å². The van der Waals surface area contributed by atoms with E-state index in [9.17, 15) is 9.59 Å². The Morgan fingerprint density at radius 1 is 1.00 bits per heavy atom. The molecule has 0 spiro atoms. The summed E-state index contributed by atoms with van der Waals surface area (Å²) >= 11 is 0. The highest BCUT2D eigenvalue weighted by atomic mass is 16.5. The zero-order chi connectivity index (χ0) is 17.9. The first-order valence-corrected chi connectivity index (χ1v) is 9.22. The summed E-state index contributed by atoms with van der Waals surface area (Å²) in [6, 6.07) is 12.9. The van der Waals surface area contributed by atoms with Gasteiger partial charge in [-0.05, 0) is 11.6 Å². The predicted molar refractivity (Wildman–Crippen MR) is 98.6 cm³/mol. The number of benzene rings is 2. The van der Waals surface area contributed by atoms with Gasteiger partial charge in [0.15, 0.2) is 5.78 Å². The zero-order valence-corrected chi connectivity index (χ0v) is 14.7. The van der Waals surface area contributed by atoms with Crippen molar-refractivity contribution in [2.75, 3.05) is 39.4 Å². The van der Waals surface area contributed by atoms with Crippen molar-refractivity contribution >= 4 is 11.7 Å². The van der Waals surface area contributed by atoms with Crippen molar-refractivity contribution < 1.29 is 19.2 Å². The molecule has 2 N–H and O–H groups in total. The molecule has 134 valence electrons. The van der Waals surface area contributed by atoms with Gasteiger partial charge in [-0.15, -0.1) is 0 Å². The molecule has 0 saturated carbocycles. The fourth-order valence-electron chi connectivity index (χ4n) is 3.81. The summed E-state index contributed by atoms with van der Waals surface area (Å²) in [7, 11) is 0. The number of morpholine rings is 1. The molecule has 1 aliphatic carbocycles. The van der Waals surface area contributed by atoms with Crippen LogP contribution < -0.4 is 10.2 Å². The molecule has 1 heterocycles. The number of carbonyl (C=O) groups is 2. The number of ketones is 1. The van der Waals surface area contributed by atoms with E-state index in [4.69, 9.17) is 4.74 Å². The van der Waals surface area contributed by atoms with E-state index in [0.29, 0.717) is 23.2 Å². The van der Waals surface area contributed by atoms with E-state index in [0.717, 1.165) is 50.4 Å². The van der Waals surface area contributed by atoms with Crippen LogP contribution in [0.3, 0.4) is 0 Å². The lowest BCUT2D eigenvalue weighted by atomic mass is 9.99. The molecule has 2 aromatic rings. The SMILES string of the molecule is O=C(NCCC[NH+]1CCOCC1)c1cccc2c1-c1ccccc1C2=O. The Morgan fingerprint density at radius 2 is 1.73 bits per heavy atom. The first kappa shape index (κ1) is 16.9. The van der Waals surface area contributed by atoms with Crippen LogP contribution >= 0.6 is 0 Å². The highest BCUT2D eigenvalue weighted by molar-refractivity contribution is 6.24. The van der Waals surface area contributed by atoms with E-state index >= 15 is 0 Å². The van der Waals surface area contributed by atoms with Gasteiger partial charge in [0.2, 0.25) is 0 Å². The van der Waals surface area contributed by atoms with Crippen molar-refractivity contribution in [1.82, 2.24) is 5.32 Å². The van der Waals surface area contributed by atoms with Gasteiger partial charge in [0, 0.05) is 35.2 Å². The van der Waals surface area contributed by atoms with Crippen molar-refractivity contribution in [3.8, 4) is 11.1 Å². The molecule has 2 aliphatic rings. The fourth-order valence-corrected chi connectivity index (χ4v) is 3.81. The molecule has 1 amide bonds. The maximum absolute atomic E-state index is 12.7. The van der Waals surface area contributed by atoms with Crippen molar-refractivity contribution in [3.63, 3.8) is 0 Å². The molecule has 5 heteroatoms. The quantitative estimate of drug-likeness (QED) is 0.673. The molecule has 0 atom stereocenters. The van der Waals surface area contributed by atoms with Crippen LogP contribution in [0.15, 0.2) is 42.5 Å². The number of nitrogens with one attached hydrogen (secondary N) is 2. The van der Waals surface area contributed by atoms with Gasteiger partial charge in [-0.3, -0.25) is 9.59 Å². The molecular weight excluding hydrogens is 328 g/mol. The Hall–Kier alpha value is -2.50. The van der Waals surface area contributed by atoms with E-state index in [1.165, 1.54) is 4.90 Å². The van der Waals surface area contributed by atoms with Crippen LogP contribution in [0.4, 0.5) is 0 Å². The van der Waals surface area contributed by atoms with Gasteiger partial charge in [0.25, 0.3) is 5.91 Å². The first-order valence-electron chi connectivity index (χ1n) is 9.22. The lowest BCUT2D eigenvalue weighted by Crippen LogP contribution is -3.14. The molecule has 1 fully saturated rings.